The Bertz CT molecular complexity index is 864. The van der Waals surface area contributed by atoms with Crippen molar-refractivity contribution >= 4 is 17.4 Å². The van der Waals surface area contributed by atoms with Crippen molar-refractivity contribution < 1.29 is 5.11 Å². The van der Waals surface area contributed by atoms with Crippen LogP contribution in [0.15, 0.2) is 54.9 Å². The van der Waals surface area contributed by atoms with Gasteiger partial charge in [-0.1, -0.05) is 23.7 Å². The maximum Gasteiger partial charge on any atom is 0.163 e. The summed E-state index contributed by atoms with van der Waals surface area (Å²) >= 11 is 6.00. The van der Waals surface area contributed by atoms with Crippen LogP contribution in [0.3, 0.4) is 0 Å². The van der Waals surface area contributed by atoms with Crippen LogP contribution in [0.4, 0.5) is 5.82 Å². The second-order valence-corrected chi connectivity index (χ2v) is 6.57. The first-order valence-corrected chi connectivity index (χ1v) is 8.52. The van der Waals surface area contributed by atoms with Crippen LogP contribution in [-0.4, -0.2) is 39.8 Å². The largest absolute Gasteiger partial charge is 0.396 e. The molecule has 4 rings (SSSR count). The highest BCUT2D eigenvalue weighted by Gasteiger charge is 2.27. The molecular weight excluding hydrogens is 336 g/mol. The van der Waals surface area contributed by atoms with Gasteiger partial charge in [0.1, 0.15) is 5.82 Å². The van der Waals surface area contributed by atoms with E-state index in [0.29, 0.717) is 16.8 Å². The Labute approximate surface area is 151 Å². The van der Waals surface area contributed by atoms with Crippen LogP contribution in [0.2, 0.25) is 5.02 Å². The molecule has 0 radical (unpaired) electrons. The maximum atomic E-state index is 9.26. The molecule has 2 aromatic heterocycles. The van der Waals surface area contributed by atoms with Crippen LogP contribution in [0.25, 0.3) is 22.6 Å². The molecule has 1 fully saturated rings. The minimum atomic E-state index is 0.209. The summed E-state index contributed by atoms with van der Waals surface area (Å²) in [7, 11) is 0. The summed E-state index contributed by atoms with van der Waals surface area (Å²) in [6, 6.07) is 13.4. The van der Waals surface area contributed by atoms with Crippen molar-refractivity contribution in [2.75, 3.05) is 24.6 Å². The molecule has 0 amide bonds. The lowest BCUT2D eigenvalue weighted by Crippen LogP contribution is -2.48. The van der Waals surface area contributed by atoms with E-state index in [4.69, 9.17) is 21.6 Å². The number of halogens is 1. The molecule has 1 N–H and O–H groups in total. The van der Waals surface area contributed by atoms with E-state index in [1.165, 1.54) is 0 Å². The minimum absolute atomic E-state index is 0.209. The third-order valence-electron chi connectivity index (χ3n) is 4.31. The second kappa shape index (κ2) is 6.78. The summed E-state index contributed by atoms with van der Waals surface area (Å²) < 4.78 is 0. The lowest BCUT2D eigenvalue weighted by atomic mass is 10.0. The molecule has 1 aromatic carbocycles. The number of pyridine rings is 1. The molecule has 0 saturated carbocycles. The van der Waals surface area contributed by atoms with Crippen molar-refractivity contribution in [2.45, 2.75) is 0 Å². The Morgan fingerprint density at radius 1 is 1.08 bits per heavy atom. The van der Waals surface area contributed by atoms with Crippen LogP contribution in [0, 0.1) is 5.92 Å². The highest BCUT2D eigenvalue weighted by atomic mass is 35.5. The first-order chi connectivity index (χ1) is 12.2. The van der Waals surface area contributed by atoms with Gasteiger partial charge in [0, 0.05) is 60.2 Å². The average Bonchev–Trinajstić information content (AvgIpc) is 2.62. The molecule has 0 bridgehead atoms. The van der Waals surface area contributed by atoms with Crippen molar-refractivity contribution in [3.8, 4) is 22.6 Å². The molecule has 1 aliphatic heterocycles. The minimum Gasteiger partial charge on any atom is -0.396 e. The molecule has 1 aliphatic rings. The van der Waals surface area contributed by atoms with Gasteiger partial charge < -0.3 is 10.0 Å². The predicted molar refractivity (Wildman–Crippen MR) is 98.5 cm³/mol. The second-order valence-electron chi connectivity index (χ2n) is 6.14. The monoisotopic (exact) mass is 352 g/mol. The van der Waals surface area contributed by atoms with E-state index in [2.05, 4.69) is 9.88 Å². The van der Waals surface area contributed by atoms with Crippen molar-refractivity contribution in [3.63, 3.8) is 0 Å². The van der Waals surface area contributed by atoms with Crippen molar-refractivity contribution in [1.82, 2.24) is 15.0 Å². The van der Waals surface area contributed by atoms with Gasteiger partial charge in [-0.15, -0.1) is 0 Å². The van der Waals surface area contributed by atoms with Crippen molar-refractivity contribution in [3.05, 3.63) is 59.9 Å². The molecule has 3 heterocycles. The molecule has 5 nitrogen and oxygen atoms in total. The zero-order valence-corrected chi connectivity index (χ0v) is 14.3. The third-order valence-corrected chi connectivity index (χ3v) is 4.56. The average molecular weight is 353 g/mol. The normalized spacial score (nSPS) is 14.4. The molecule has 25 heavy (non-hydrogen) atoms. The summed E-state index contributed by atoms with van der Waals surface area (Å²) in [4.78, 5) is 15.7. The van der Waals surface area contributed by atoms with Gasteiger partial charge in [0.25, 0.3) is 0 Å². The van der Waals surface area contributed by atoms with Crippen LogP contribution < -0.4 is 4.90 Å². The van der Waals surface area contributed by atoms with E-state index in [0.717, 1.165) is 35.7 Å². The van der Waals surface area contributed by atoms with Gasteiger partial charge in [0.2, 0.25) is 0 Å². The smallest absolute Gasteiger partial charge is 0.163 e. The molecule has 126 valence electrons. The highest BCUT2D eigenvalue weighted by molar-refractivity contribution is 6.30. The Hall–Kier alpha value is -2.50. The number of rotatable bonds is 4. The quantitative estimate of drug-likeness (QED) is 0.780. The number of aliphatic hydroxyl groups is 1. The molecule has 0 spiro atoms. The SMILES string of the molecule is OCC1CN(c2cc(-c3ccc(Cl)cc3)nc(-c3cccnc3)n2)C1. The fourth-order valence-electron chi connectivity index (χ4n) is 2.86. The Balaban J connectivity index is 1.76. The lowest BCUT2D eigenvalue weighted by Gasteiger charge is -2.39. The van der Waals surface area contributed by atoms with E-state index in [-0.39, 0.29) is 6.61 Å². The predicted octanol–water partition coefficient (Wildman–Crippen LogP) is 3.29. The van der Waals surface area contributed by atoms with Crippen LogP contribution in [0.5, 0.6) is 0 Å². The summed E-state index contributed by atoms with van der Waals surface area (Å²) in [5.41, 5.74) is 2.70. The molecule has 6 heteroatoms. The third kappa shape index (κ3) is 3.34. The fraction of sp³-hybridized carbons (Fsp3) is 0.211. The van der Waals surface area contributed by atoms with E-state index < -0.39 is 0 Å². The molecule has 0 unspecified atom stereocenters. The summed E-state index contributed by atoms with van der Waals surface area (Å²) in [6.07, 6.45) is 3.49. The fourth-order valence-corrected chi connectivity index (χ4v) is 2.99. The first-order valence-electron chi connectivity index (χ1n) is 8.14. The molecule has 3 aromatic rings. The summed E-state index contributed by atoms with van der Waals surface area (Å²) in [5.74, 6) is 1.82. The number of hydrogen-bond acceptors (Lipinski definition) is 5. The van der Waals surface area contributed by atoms with E-state index in [1.54, 1.807) is 12.4 Å². The van der Waals surface area contributed by atoms with Gasteiger partial charge >= 0.3 is 0 Å². The van der Waals surface area contributed by atoms with Gasteiger partial charge in [-0.3, -0.25) is 4.98 Å². The lowest BCUT2D eigenvalue weighted by molar-refractivity contribution is 0.200. The summed E-state index contributed by atoms with van der Waals surface area (Å²) in [5, 5.41) is 9.96. The number of anilines is 1. The number of aliphatic hydroxyl groups excluding tert-OH is 1. The van der Waals surface area contributed by atoms with Gasteiger partial charge in [0.05, 0.1) is 5.69 Å². The first kappa shape index (κ1) is 16.0. The Kier molecular flexibility index (Phi) is 4.34. The Morgan fingerprint density at radius 3 is 2.56 bits per heavy atom. The van der Waals surface area contributed by atoms with E-state index in [1.807, 2.05) is 42.5 Å². The van der Waals surface area contributed by atoms with Crippen LogP contribution >= 0.6 is 11.6 Å². The number of aromatic nitrogens is 3. The van der Waals surface area contributed by atoms with Gasteiger partial charge in [-0.25, -0.2) is 9.97 Å². The molecular formula is C19H17ClN4O. The van der Waals surface area contributed by atoms with E-state index >= 15 is 0 Å². The topological polar surface area (TPSA) is 62.1 Å². The van der Waals surface area contributed by atoms with Crippen LogP contribution in [-0.2, 0) is 0 Å². The maximum absolute atomic E-state index is 9.26. The highest BCUT2D eigenvalue weighted by Crippen LogP contribution is 2.29. The Morgan fingerprint density at radius 2 is 1.88 bits per heavy atom. The van der Waals surface area contributed by atoms with Gasteiger partial charge in [0.15, 0.2) is 5.82 Å². The zero-order valence-electron chi connectivity index (χ0n) is 13.5. The van der Waals surface area contributed by atoms with Gasteiger partial charge in [-0.2, -0.15) is 0 Å². The number of nitrogens with zero attached hydrogens (tertiary/aromatic N) is 4. The molecule has 0 aliphatic carbocycles. The summed E-state index contributed by atoms with van der Waals surface area (Å²) in [6.45, 7) is 1.82. The van der Waals surface area contributed by atoms with Gasteiger partial charge in [-0.05, 0) is 24.3 Å². The van der Waals surface area contributed by atoms with Crippen molar-refractivity contribution in [1.29, 1.82) is 0 Å². The number of hydrogen-bond donors (Lipinski definition) is 1. The van der Waals surface area contributed by atoms with Crippen LogP contribution in [0.1, 0.15) is 0 Å². The zero-order chi connectivity index (χ0) is 17.2. The molecule has 0 atom stereocenters. The number of benzene rings is 1. The van der Waals surface area contributed by atoms with E-state index in [9.17, 15) is 5.11 Å². The molecule has 1 saturated heterocycles. The van der Waals surface area contributed by atoms with Crippen molar-refractivity contribution in [2.24, 2.45) is 5.92 Å². The standard InChI is InChI=1S/C19H17ClN4O/c20-16-5-3-14(4-6-16)17-8-18(24-10-13(11-24)12-25)23-19(22-17)15-2-1-7-21-9-15/h1-9,13,25H,10-12H2.